The highest BCUT2D eigenvalue weighted by Crippen LogP contribution is 2.31. The van der Waals surface area contributed by atoms with Gasteiger partial charge in [-0.05, 0) is 46.3 Å². The van der Waals surface area contributed by atoms with Crippen molar-refractivity contribution < 1.29 is 9.59 Å². The first-order chi connectivity index (χ1) is 13.6. The molecule has 28 heavy (non-hydrogen) atoms. The Morgan fingerprint density at radius 3 is 2.79 bits per heavy atom. The molecule has 1 N–H and O–H groups in total. The molecule has 0 spiro atoms. The second-order valence-corrected chi connectivity index (χ2v) is 7.83. The second kappa shape index (κ2) is 7.92. The Morgan fingerprint density at radius 2 is 1.96 bits per heavy atom. The quantitative estimate of drug-likeness (QED) is 0.530. The van der Waals surface area contributed by atoms with Crippen molar-refractivity contribution in [2.75, 3.05) is 0 Å². The van der Waals surface area contributed by atoms with Crippen LogP contribution < -0.4 is 5.43 Å². The summed E-state index contributed by atoms with van der Waals surface area (Å²) in [6.45, 7) is 0. The van der Waals surface area contributed by atoms with Crippen molar-refractivity contribution in [1.82, 2.24) is 15.4 Å². The van der Waals surface area contributed by atoms with Crippen LogP contribution in [0.2, 0.25) is 0 Å². The Hall–Kier alpha value is -3.03. The fraction of sp³-hybridized carbons (Fsp3) is 0.0476. The van der Waals surface area contributed by atoms with Crippen LogP contribution in [0, 0.1) is 0 Å². The minimum Gasteiger partial charge on any atom is -0.273 e. The molecule has 0 radical (unpaired) electrons. The van der Waals surface area contributed by atoms with Gasteiger partial charge in [0, 0.05) is 12.4 Å². The third-order valence-corrected chi connectivity index (χ3v) is 5.55. The maximum Gasteiger partial charge on any atom is 0.285 e. The van der Waals surface area contributed by atoms with Crippen molar-refractivity contribution in [3.8, 4) is 0 Å². The summed E-state index contributed by atoms with van der Waals surface area (Å²) in [7, 11) is 0. The Morgan fingerprint density at radius 1 is 1.14 bits per heavy atom. The van der Waals surface area contributed by atoms with Gasteiger partial charge in [0.15, 0.2) is 4.32 Å². The first-order valence-electron chi connectivity index (χ1n) is 8.56. The minimum absolute atomic E-state index is 0.153. The molecule has 0 bridgehead atoms. The molecule has 1 aromatic heterocycles. The van der Waals surface area contributed by atoms with Crippen molar-refractivity contribution in [3.05, 3.63) is 83.0 Å². The number of hydrogen-bond acceptors (Lipinski definition) is 5. The monoisotopic (exact) mass is 405 g/mol. The highest BCUT2D eigenvalue weighted by molar-refractivity contribution is 8.26. The topological polar surface area (TPSA) is 62.3 Å². The molecular weight excluding hydrogens is 390 g/mol. The smallest absolute Gasteiger partial charge is 0.273 e. The number of rotatable bonds is 4. The number of fused-ring (bicyclic) bond motifs is 1. The van der Waals surface area contributed by atoms with E-state index < -0.39 is 0 Å². The van der Waals surface area contributed by atoms with E-state index in [1.165, 1.54) is 0 Å². The molecule has 2 amide bonds. The van der Waals surface area contributed by atoms with Gasteiger partial charge in [-0.2, -0.15) is 5.01 Å². The second-order valence-electron chi connectivity index (χ2n) is 6.15. The van der Waals surface area contributed by atoms with Gasteiger partial charge in [-0.15, -0.1) is 0 Å². The summed E-state index contributed by atoms with van der Waals surface area (Å²) in [4.78, 5) is 29.7. The van der Waals surface area contributed by atoms with Crippen LogP contribution in [0.3, 0.4) is 0 Å². The fourth-order valence-corrected chi connectivity index (χ4v) is 4.14. The number of thiocarbonyl (C=S) groups is 1. The third kappa shape index (κ3) is 3.81. The Bertz CT molecular complexity index is 1110. The van der Waals surface area contributed by atoms with Gasteiger partial charge < -0.3 is 0 Å². The number of carbonyl (C=O) groups excluding carboxylic acids is 2. The SMILES string of the molecule is O=C(Cc1cccc2ccccc12)NN1C(=O)/C(=C/c2cccnc2)SC1=S. The van der Waals surface area contributed by atoms with Crippen molar-refractivity contribution in [2.45, 2.75) is 6.42 Å². The third-order valence-electron chi connectivity index (χ3n) is 4.24. The standard InChI is InChI=1S/C21H15N3O2S2/c25-19(12-16-8-3-7-15-6-1-2-9-17(15)16)23-24-20(26)18(28-21(24)27)11-14-5-4-10-22-13-14/h1-11,13H,12H2,(H,23,25)/b18-11-. The first-order valence-corrected chi connectivity index (χ1v) is 9.78. The van der Waals surface area contributed by atoms with E-state index in [1.54, 1.807) is 24.5 Å². The lowest BCUT2D eigenvalue weighted by atomic mass is 10.0. The largest absolute Gasteiger partial charge is 0.285 e. The van der Waals surface area contributed by atoms with Gasteiger partial charge in [-0.1, -0.05) is 60.3 Å². The molecule has 0 unspecified atom stereocenters. The zero-order valence-electron chi connectivity index (χ0n) is 14.7. The van der Waals surface area contributed by atoms with Crippen LogP contribution >= 0.6 is 24.0 Å². The summed E-state index contributed by atoms with van der Waals surface area (Å²) in [5, 5.41) is 3.22. The lowest BCUT2D eigenvalue weighted by Crippen LogP contribution is -2.45. The van der Waals surface area contributed by atoms with E-state index in [1.807, 2.05) is 48.5 Å². The normalized spacial score (nSPS) is 15.4. The highest BCUT2D eigenvalue weighted by atomic mass is 32.2. The number of hydrazine groups is 1. The van der Waals surface area contributed by atoms with E-state index in [-0.39, 0.29) is 18.2 Å². The van der Waals surface area contributed by atoms with E-state index in [0.717, 1.165) is 38.7 Å². The van der Waals surface area contributed by atoms with Gasteiger partial charge in [0.25, 0.3) is 5.91 Å². The van der Waals surface area contributed by atoms with Crippen molar-refractivity contribution >= 4 is 57.0 Å². The number of aromatic nitrogens is 1. The summed E-state index contributed by atoms with van der Waals surface area (Å²) in [5.41, 5.74) is 4.33. The number of carbonyl (C=O) groups is 2. The van der Waals surface area contributed by atoms with Gasteiger partial charge >= 0.3 is 0 Å². The molecule has 2 aromatic carbocycles. The zero-order chi connectivity index (χ0) is 19.5. The molecule has 5 nitrogen and oxygen atoms in total. The molecular formula is C21H15N3O2S2. The van der Waals surface area contributed by atoms with E-state index in [2.05, 4.69) is 10.4 Å². The maximum absolute atomic E-state index is 12.6. The molecule has 1 aliphatic rings. The van der Waals surface area contributed by atoms with E-state index in [9.17, 15) is 9.59 Å². The predicted octanol–water partition coefficient (Wildman–Crippen LogP) is 3.71. The lowest BCUT2D eigenvalue weighted by Gasteiger charge is -2.16. The average molecular weight is 406 g/mol. The molecule has 0 aliphatic carbocycles. The Labute approximate surface area is 171 Å². The van der Waals surface area contributed by atoms with Gasteiger partial charge in [-0.25, -0.2) is 0 Å². The molecule has 3 aromatic rings. The molecule has 4 rings (SSSR count). The van der Waals surface area contributed by atoms with Gasteiger partial charge in [-0.3, -0.25) is 20.0 Å². The predicted molar refractivity (Wildman–Crippen MR) is 115 cm³/mol. The van der Waals surface area contributed by atoms with Crippen LogP contribution in [0.15, 0.2) is 71.9 Å². The molecule has 1 aliphatic heterocycles. The number of amides is 2. The molecule has 0 saturated carbocycles. The zero-order valence-corrected chi connectivity index (χ0v) is 16.3. The van der Waals surface area contributed by atoms with Crippen LogP contribution in [0.5, 0.6) is 0 Å². The average Bonchev–Trinajstić information content (AvgIpc) is 2.96. The van der Waals surface area contributed by atoms with Gasteiger partial charge in [0.1, 0.15) is 0 Å². The molecule has 2 heterocycles. The minimum atomic E-state index is -0.342. The van der Waals surface area contributed by atoms with E-state index in [4.69, 9.17) is 12.2 Å². The molecule has 1 saturated heterocycles. The summed E-state index contributed by atoms with van der Waals surface area (Å²) in [5.74, 6) is -0.639. The Kier molecular flexibility index (Phi) is 5.18. The van der Waals surface area contributed by atoms with Gasteiger partial charge in [0.2, 0.25) is 5.91 Å². The van der Waals surface area contributed by atoms with Crippen LogP contribution in [0.25, 0.3) is 16.8 Å². The van der Waals surface area contributed by atoms with Crippen molar-refractivity contribution in [1.29, 1.82) is 0 Å². The number of benzene rings is 2. The molecule has 0 atom stereocenters. The van der Waals surface area contributed by atoms with E-state index >= 15 is 0 Å². The van der Waals surface area contributed by atoms with Crippen LogP contribution in [-0.2, 0) is 16.0 Å². The van der Waals surface area contributed by atoms with Crippen molar-refractivity contribution in [2.24, 2.45) is 0 Å². The fourth-order valence-electron chi connectivity index (χ4n) is 2.96. The summed E-state index contributed by atoms with van der Waals surface area (Å²) < 4.78 is 0.298. The molecule has 7 heteroatoms. The van der Waals surface area contributed by atoms with Crippen LogP contribution in [0.4, 0.5) is 0 Å². The lowest BCUT2D eigenvalue weighted by molar-refractivity contribution is -0.132. The number of nitrogens with zero attached hydrogens (tertiary/aromatic N) is 2. The summed E-state index contributed by atoms with van der Waals surface area (Å²) in [6, 6.07) is 17.3. The van der Waals surface area contributed by atoms with Gasteiger partial charge in [0.05, 0.1) is 11.3 Å². The molecule has 1 fully saturated rings. The van der Waals surface area contributed by atoms with Crippen molar-refractivity contribution in [3.63, 3.8) is 0 Å². The Balaban J connectivity index is 1.49. The van der Waals surface area contributed by atoms with Crippen LogP contribution in [-0.4, -0.2) is 26.1 Å². The first kappa shape index (κ1) is 18.3. The highest BCUT2D eigenvalue weighted by Gasteiger charge is 2.33. The summed E-state index contributed by atoms with van der Waals surface area (Å²) >= 11 is 6.42. The van der Waals surface area contributed by atoms with Crippen LogP contribution in [0.1, 0.15) is 11.1 Å². The summed E-state index contributed by atoms with van der Waals surface area (Å²) in [6.07, 6.45) is 5.19. The molecule has 138 valence electrons. The number of hydrogen-bond donors (Lipinski definition) is 1. The number of nitrogens with one attached hydrogen (secondary N) is 1. The number of thioether (sulfide) groups is 1. The van der Waals surface area contributed by atoms with E-state index in [0.29, 0.717) is 9.23 Å². The number of pyridine rings is 1. The maximum atomic E-state index is 12.6.